The number of likely N-dealkylation sites (N-methyl/N-ethyl adjacent to an activating group) is 1. The first-order valence-corrected chi connectivity index (χ1v) is 14.7. The Morgan fingerprint density at radius 2 is 1.62 bits per heavy atom. The third-order valence-electron chi connectivity index (χ3n) is 7.65. The van der Waals surface area contributed by atoms with Crippen molar-refractivity contribution in [1.82, 2.24) is 20.2 Å². The van der Waals surface area contributed by atoms with Crippen LogP contribution < -0.4 is 21.5 Å². The average molecular weight is 652 g/mol. The molecule has 3 N–H and O–H groups in total. The fourth-order valence-corrected chi connectivity index (χ4v) is 5.02. The van der Waals surface area contributed by atoms with Crippen molar-refractivity contribution < 1.29 is 31.9 Å². The van der Waals surface area contributed by atoms with Crippen LogP contribution in [0.5, 0.6) is 0 Å². The highest BCUT2D eigenvalue weighted by Crippen LogP contribution is 2.32. The van der Waals surface area contributed by atoms with Crippen LogP contribution in [0.15, 0.2) is 71.7 Å². The lowest BCUT2D eigenvalue weighted by molar-refractivity contribution is -0.137. The molecule has 13 heteroatoms. The average Bonchev–Trinajstić information content (AvgIpc) is 3.05. The van der Waals surface area contributed by atoms with Gasteiger partial charge in [-0.15, -0.1) is 0 Å². The zero-order chi connectivity index (χ0) is 34.5. The van der Waals surface area contributed by atoms with E-state index in [0.717, 1.165) is 18.2 Å². The molecule has 1 atom stereocenters. The zero-order valence-electron chi connectivity index (χ0n) is 26.1. The standard InChI is InChI=1S/C34H33F4N5O4/c1-5-29(44)27(39-3)16-41-31-33(47)43(28(17-42-31)26-15-22(32(46)40-4)7-6-19(26)2)18-20-12-23(14-24(13-20)34(36,37)38)30(45)21-8-10-25(35)11-9-21/h6-15,17,27,39H,5,16,18H2,1-4H3,(H,40,46)(H,41,42)/t27-/m0/s1. The Morgan fingerprint density at radius 3 is 2.23 bits per heavy atom. The Morgan fingerprint density at radius 1 is 0.936 bits per heavy atom. The monoisotopic (exact) mass is 651 g/mol. The Bertz CT molecular complexity index is 1870. The summed E-state index contributed by atoms with van der Waals surface area (Å²) in [6, 6.07) is 11.4. The van der Waals surface area contributed by atoms with E-state index in [2.05, 4.69) is 20.9 Å². The third kappa shape index (κ3) is 7.98. The van der Waals surface area contributed by atoms with E-state index in [1.807, 2.05) is 0 Å². The molecule has 0 aliphatic carbocycles. The van der Waals surface area contributed by atoms with Crippen LogP contribution in [0.2, 0.25) is 0 Å². The Labute approximate surface area is 268 Å². The van der Waals surface area contributed by atoms with Gasteiger partial charge in [0.05, 0.1) is 30.0 Å². The third-order valence-corrected chi connectivity index (χ3v) is 7.65. The lowest BCUT2D eigenvalue weighted by Crippen LogP contribution is -2.41. The van der Waals surface area contributed by atoms with Crippen molar-refractivity contribution in [3.05, 3.63) is 116 Å². The van der Waals surface area contributed by atoms with Gasteiger partial charge in [-0.3, -0.25) is 23.7 Å². The highest BCUT2D eigenvalue weighted by Gasteiger charge is 2.32. The number of ketones is 2. The van der Waals surface area contributed by atoms with Crippen molar-refractivity contribution in [2.24, 2.45) is 0 Å². The second-order valence-electron chi connectivity index (χ2n) is 10.8. The van der Waals surface area contributed by atoms with E-state index in [1.54, 1.807) is 39.1 Å². The van der Waals surface area contributed by atoms with E-state index in [4.69, 9.17) is 0 Å². The molecule has 0 aliphatic heterocycles. The van der Waals surface area contributed by atoms with E-state index in [1.165, 1.54) is 36.0 Å². The second kappa shape index (κ2) is 14.5. The second-order valence-corrected chi connectivity index (χ2v) is 10.8. The molecule has 3 aromatic carbocycles. The molecular formula is C34H33F4N5O4. The van der Waals surface area contributed by atoms with Gasteiger partial charge in [0, 0.05) is 42.3 Å². The van der Waals surface area contributed by atoms with Crippen LogP contribution in [0.4, 0.5) is 23.4 Å². The minimum absolute atomic E-state index is 0.00974. The first-order chi connectivity index (χ1) is 22.3. The molecule has 4 aromatic rings. The van der Waals surface area contributed by atoms with Gasteiger partial charge in [0.1, 0.15) is 5.82 Å². The maximum atomic E-state index is 14.1. The number of halogens is 4. The van der Waals surface area contributed by atoms with Gasteiger partial charge >= 0.3 is 6.18 Å². The van der Waals surface area contributed by atoms with Crippen LogP contribution in [0.25, 0.3) is 11.3 Å². The molecule has 0 spiro atoms. The minimum Gasteiger partial charge on any atom is -0.363 e. The Kier molecular flexibility index (Phi) is 10.7. The molecule has 0 fully saturated rings. The maximum absolute atomic E-state index is 14.1. The van der Waals surface area contributed by atoms with E-state index in [0.29, 0.717) is 17.2 Å². The van der Waals surface area contributed by atoms with Crippen molar-refractivity contribution in [2.75, 3.05) is 26.0 Å². The number of nitrogens with one attached hydrogen (secondary N) is 3. The zero-order valence-corrected chi connectivity index (χ0v) is 26.1. The summed E-state index contributed by atoms with van der Waals surface area (Å²) in [5.74, 6) is -2.05. The highest BCUT2D eigenvalue weighted by molar-refractivity contribution is 6.09. The molecular weight excluding hydrogens is 618 g/mol. The molecule has 0 aliphatic rings. The molecule has 0 saturated carbocycles. The summed E-state index contributed by atoms with van der Waals surface area (Å²) in [6.07, 6.45) is -3.23. The summed E-state index contributed by atoms with van der Waals surface area (Å²) < 4.78 is 56.9. The van der Waals surface area contributed by atoms with Gasteiger partial charge < -0.3 is 16.0 Å². The van der Waals surface area contributed by atoms with Gasteiger partial charge in [0.15, 0.2) is 17.4 Å². The van der Waals surface area contributed by atoms with Crippen LogP contribution in [-0.2, 0) is 17.5 Å². The number of anilines is 1. The van der Waals surface area contributed by atoms with Crippen molar-refractivity contribution in [3.63, 3.8) is 0 Å². The fraction of sp³-hybridized carbons (Fsp3) is 0.265. The van der Waals surface area contributed by atoms with Crippen LogP contribution >= 0.6 is 0 Å². The number of Topliss-reactive ketones (excluding diaryl/α,β-unsaturated/α-hetero) is 1. The smallest absolute Gasteiger partial charge is 0.363 e. The van der Waals surface area contributed by atoms with E-state index in [-0.39, 0.29) is 52.5 Å². The van der Waals surface area contributed by atoms with Crippen LogP contribution in [-0.4, -0.2) is 53.7 Å². The molecule has 246 valence electrons. The van der Waals surface area contributed by atoms with E-state index < -0.39 is 47.4 Å². The minimum atomic E-state index is -4.83. The van der Waals surface area contributed by atoms with Crippen molar-refractivity contribution in [1.29, 1.82) is 0 Å². The van der Waals surface area contributed by atoms with E-state index in [9.17, 15) is 36.7 Å². The number of hydrogen-bond donors (Lipinski definition) is 3. The molecule has 1 heterocycles. The molecule has 1 aromatic heterocycles. The SMILES string of the molecule is CCC(=O)[C@H](CNc1ncc(-c2cc(C(=O)NC)ccc2C)n(Cc2cc(C(=O)c3ccc(F)cc3)cc(C(F)(F)F)c2)c1=O)NC. The van der Waals surface area contributed by atoms with Gasteiger partial charge in [0.25, 0.3) is 11.5 Å². The first kappa shape index (κ1) is 34.7. The van der Waals surface area contributed by atoms with Crippen LogP contribution in [0, 0.1) is 12.7 Å². The lowest BCUT2D eigenvalue weighted by atomic mass is 9.97. The van der Waals surface area contributed by atoms with Crippen LogP contribution in [0.3, 0.4) is 0 Å². The number of benzene rings is 3. The first-order valence-electron chi connectivity index (χ1n) is 14.7. The predicted octanol–water partition coefficient (Wildman–Crippen LogP) is 4.99. The summed E-state index contributed by atoms with van der Waals surface area (Å²) in [4.78, 5) is 56.2. The molecule has 0 radical (unpaired) electrons. The Balaban J connectivity index is 1.89. The molecule has 0 saturated heterocycles. The van der Waals surface area contributed by atoms with Crippen molar-refractivity contribution >= 4 is 23.3 Å². The lowest BCUT2D eigenvalue weighted by Gasteiger charge is -2.19. The normalized spacial score (nSPS) is 12.0. The number of carbonyl (C=O) groups excluding carboxylic acids is 3. The number of rotatable bonds is 12. The number of alkyl halides is 3. The number of amides is 1. The van der Waals surface area contributed by atoms with Gasteiger partial charge in [-0.2, -0.15) is 13.2 Å². The number of aromatic nitrogens is 2. The number of hydrogen-bond acceptors (Lipinski definition) is 7. The molecule has 4 rings (SSSR count). The summed E-state index contributed by atoms with van der Waals surface area (Å²) in [7, 11) is 3.05. The number of carbonyl (C=O) groups is 3. The highest BCUT2D eigenvalue weighted by atomic mass is 19.4. The number of aryl methyl sites for hydroxylation is 1. The Hall–Kier alpha value is -5.17. The van der Waals surface area contributed by atoms with Gasteiger partial charge in [0.2, 0.25) is 0 Å². The summed E-state index contributed by atoms with van der Waals surface area (Å²) in [5.41, 5.74) is -0.647. The molecule has 0 bridgehead atoms. The largest absolute Gasteiger partial charge is 0.416 e. The van der Waals surface area contributed by atoms with Gasteiger partial charge in [-0.25, -0.2) is 9.37 Å². The molecule has 9 nitrogen and oxygen atoms in total. The number of nitrogens with zero attached hydrogens (tertiary/aromatic N) is 2. The summed E-state index contributed by atoms with van der Waals surface area (Å²) in [6.45, 7) is 3.02. The molecule has 1 amide bonds. The van der Waals surface area contributed by atoms with Gasteiger partial charge in [-0.1, -0.05) is 13.0 Å². The topological polar surface area (TPSA) is 122 Å². The van der Waals surface area contributed by atoms with Crippen molar-refractivity contribution in [2.45, 2.75) is 39.0 Å². The quantitative estimate of drug-likeness (QED) is 0.146. The fourth-order valence-electron chi connectivity index (χ4n) is 5.02. The van der Waals surface area contributed by atoms with Crippen LogP contribution in [0.1, 0.15) is 56.3 Å². The predicted molar refractivity (Wildman–Crippen MR) is 169 cm³/mol. The maximum Gasteiger partial charge on any atom is 0.416 e. The molecule has 0 unspecified atom stereocenters. The van der Waals surface area contributed by atoms with Gasteiger partial charge in [-0.05, 0) is 79.7 Å². The molecule has 47 heavy (non-hydrogen) atoms. The van der Waals surface area contributed by atoms with Crippen molar-refractivity contribution in [3.8, 4) is 11.3 Å². The summed E-state index contributed by atoms with van der Waals surface area (Å²) >= 11 is 0. The van der Waals surface area contributed by atoms with E-state index >= 15 is 0 Å². The summed E-state index contributed by atoms with van der Waals surface area (Å²) in [5, 5.41) is 8.27.